The molecule has 5 aliphatic rings. The van der Waals surface area contributed by atoms with Crippen LogP contribution in [0, 0.1) is 50.7 Å². The third-order valence-corrected chi connectivity index (χ3v) is 14.1. The molecule has 40 heavy (non-hydrogen) atoms. The molecule has 1 amide bonds. The molecule has 2 N–H and O–H groups in total. The molecule has 230 valence electrons. The number of hydrogen-bond donors (Lipinski definition) is 2. The van der Waals surface area contributed by atoms with E-state index in [1.807, 2.05) is 0 Å². The monoisotopic (exact) mass is 571 g/mol. The first kappa shape index (κ1) is 30.6. The van der Waals surface area contributed by atoms with Crippen molar-refractivity contribution >= 4 is 5.91 Å². The number of aliphatic hydroxyl groups is 2. The van der Waals surface area contributed by atoms with E-state index in [4.69, 9.17) is 4.74 Å². The fourth-order valence-corrected chi connectivity index (χ4v) is 11.9. The van der Waals surface area contributed by atoms with Gasteiger partial charge in [-0.3, -0.25) is 4.79 Å². The van der Waals surface area contributed by atoms with Crippen molar-refractivity contribution < 1.29 is 32.9 Å². The molecule has 0 saturated heterocycles. The maximum Gasteiger partial charge on any atom is 0.406 e. The highest BCUT2D eigenvalue weighted by atomic mass is 19.4. The fourth-order valence-electron chi connectivity index (χ4n) is 11.9. The van der Waals surface area contributed by atoms with Crippen LogP contribution in [0.15, 0.2) is 0 Å². The van der Waals surface area contributed by atoms with Crippen molar-refractivity contribution in [2.45, 2.75) is 124 Å². The van der Waals surface area contributed by atoms with Crippen molar-refractivity contribution in [3.63, 3.8) is 0 Å². The molecule has 8 heteroatoms. The van der Waals surface area contributed by atoms with Crippen molar-refractivity contribution in [3.05, 3.63) is 0 Å². The highest BCUT2D eigenvalue weighted by molar-refractivity contribution is 5.73. The molecule has 0 aromatic carbocycles. The lowest BCUT2D eigenvalue weighted by Gasteiger charge is -2.63. The van der Waals surface area contributed by atoms with Gasteiger partial charge in [0, 0.05) is 26.0 Å². The summed E-state index contributed by atoms with van der Waals surface area (Å²) < 4.78 is 45.0. The number of nitrogens with zero attached hydrogens (tertiary/aromatic N) is 1. The van der Waals surface area contributed by atoms with Crippen molar-refractivity contribution in [2.75, 3.05) is 20.2 Å². The second-order valence-corrected chi connectivity index (χ2v) is 15.7. The number of halogens is 3. The number of rotatable bonds is 7. The number of fused-ring (bicyclic) bond motifs is 2. The highest BCUT2D eigenvalue weighted by Crippen LogP contribution is 2.89. The molecule has 0 bridgehead atoms. The minimum Gasteiger partial charge on any atom is -0.393 e. The number of methoxy groups -OCH3 is 1. The molecular formula is C32H52F3NO4. The predicted molar refractivity (Wildman–Crippen MR) is 147 cm³/mol. The number of amides is 1. The summed E-state index contributed by atoms with van der Waals surface area (Å²) in [5, 5.41) is 22.8. The summed E-state index contributed by atoms with van der Waals surface area (Å²) in [6.45, 7) is 11.2. The molecule has 0 aromatic heterocycles. The highest BCUT2D eigenvalue weighted by Gasteiger charge is 2.83. The SMILES string of the molecule is COC(C[C@@H](C)[C@H]1C[C@H](O)[C@@]2(C)C3CC[C@H]4C(C)(C)C(O)CCC45CC35CCC12C)CN(CC(F)(F)F)C(C)=O. The Morgan fingerprint density at radius 2 is 1.62 bits per heavy atom. The first-order valence-electron chi connectivity index (χ1n) is 15.6. The van der Waals surface area contributed by atoms with Gasteiger partial charge < -0.3 is 19.8 Å². The summed E-state index contributed by atoms with van der Waals surface area (Å²) >= 11 is 0. The summed E-state index contributed by atoms with van der Waals surface area (Å²) in [7, 11) is 1.51. The van der Waals surface area contributed by atoms with Gasteiger partial charge in [0.1, 0.15) is 6.54 Å². The summed E-state index contributed by atoms with van der Waals surface area (Å²) in [4.78, 5) is 12.8. The van der Waals surface area contributed by atoms with E-state index in [9.17, 15) is 28.2 Å². The molecule has 6 unspecified atom stereocenters. The van der Waals surface area contributed by atoms with E-state index in [1.54, 1.807) is 0 Å². The second-order valence-electron chi connectivity index (χ2n) is 15.7. The van der Waals surface area contributed by atoms with Crippen LogP contribution in [0.2, 0.25) is 0 Å². The molecule has 11 atom stereocenters. The molecule has 5 rings (SSSR count). The normalized spacial score (nSPS) is 46.9. The standard InChI is InChI=1S/C32H52F3NO4/c1-19(14-21(40-7)16-36(20(2)37)18-32(33,34)35)22-15-26(39)29(6)24-9-8-23-27(3,4)25(38)10-11-30(23)17-31(24,30)13-12-28(22,29)5/h19,21-26,38-39H,8-18H2,1-7H3/t19-,21?,22-,23+,24?,25?,26+,28?,29-,30?,31?/m1/s1. The van der Waals surface area contributed by atoms with Gasteiger partial charge in [0.2, 0.25) is 5.91 Å². The molecule has 5 nitrogen and oxygen atoms in total. The average molecular weight is 572 g/mol. The number of carbonyl (C=O) groups excluding carboxylic acids is 1. The lowest BCUT2D eigenvalue weighted by Crippen LogP contribution is -2.59. The maximum atomic E-state index is 13.1. The van der Waals surface area contributed by atoms with Gasteiger partial charge in [-0.1, -0.05) is 34.6 Å². The van der Waals surface area contributed by atoms with E-state index in [0.29, 0.717) is 30.1 Å². The van der Waals surface area contributed by atoms with Gasteiger partial charge in [-0.25, -0.2) is 0 Å². The van der Waals surface area contributed by atoms with Crippen LogP contribution in [0.3, 0.4) is 0 Å². The van der Waals surface area contributed by atoms with E-state index in [0.717, 1.165) is 37.0 Å². The predicted octanol–water partition coefficient (Wildman–Crippen LogP) is 6.21. The van der Waals surface area contributed by atoms with Gasteiger partial charge in [0.15, 0.2) is 0 Å². The Morgan fingerprint density at radius 3 is 2.23 bits per heavy atom. The molecule has 5 fully saturated rings. The summed E-state index contributed by atoms with van der Waals surface area (Å²) in [6.07, 6.45) is 3.27. The zero-order valence-electron chi connectivity index (χ0n) is 25.6. The molecule has 0 radical (unpaired) electrons. The van der Waals surface area contributed by atoms with Crippen molar-refractivity contribution in [1.29, 1.82) is 0 Å². The first-order chi connectivity index (χ1) is 18.4. The third-order valence-electron chi connectivity index (χ3n) is 14.1. The molecule has 0 aliphatic heterocycles. The number of hydrogen-bond acceptors (Lipinski definition) is 4. The Bertz CT molecular complexity index is 1000. The van der Waals surface area contributed by atoms with Crippen molar-refractivity contribution in [3.8, 4) is 0 Å². The van der Waals surface area contributed by atoms with Crippen LogP contribution < -0.4 is 0 Å². The lowest BCUT2D eigenvalue weighted by molar-refractivity contribution is -0.182. The van der Waals surface area contributed by atoms with Gasteiger partial charge in [-0.15, -0.1) is 0 Å². The zero-order chi connectivity index (χ0) is 29.7. The van der Waals surface area contributed by atoms with Gasteiger partial charge in [-0.2, -0.15) is 13.2 Å². The van der Waals surface area contributed by atoms with E-state index >= 15 is 0 Å². The fraction of sp³-hybridized carbons (Fsp3) is 0.969. The van der Waals surface area contributed by atoms with E-state index < -0.39 is 30.8 Å². The largest absolute Gasteiger partial charge is 0.406 e. The van der Waals surface area contributed by atoms with Gasteiger partial charge in [-0.05, 0) is 103 Å². The van der Waals surface area contributed by atoms with Crippen LogP contribution in [-0.2, 0) is 9.53 Å². The van der Waals surface area contributed by atoms with Crippen LogP contribution in [0.25, 0.3) is 0 Å². The smallest absolute Gasteiger partial charge is 0.393 e. The molecule has 5 aliphatic carbocycles. The Kier molecular flexibility index (Phi) is 7.32. The molecule has 2 spiro atoms. The number of aliphatic hydroxyl groups excluding tert-OH is 2. The summed E-state index contributed by atoms with van der Waals surface area (Å²) in [5.74, 6) is 0.741. The minimum atomic E-state index is -4.46. The minimum absolute atomic E-state index is 0.0747. The van der Waals surface area contributed by atoms with Crippen LogP contribution in [0.5, 0.6) is 0 Å². The topological polar surface area (TPSA) is 70.0 Å². The third kappa shape index (κ3) is 4.15. The number of alkyl halides is 3. The molecule has 0 aromatic rings. The first-order valence-corrected chi connectivity index (χ1v) is 15.6. The maximum absolute atomic E-state index is 13.1. The van der Waals surface area contributed by atoms with E-state index in [-0.39, 0.29) is 46.1 Å². The van der Waals surface area contributed by atoms with Gasteiger partial charge in [0.05, 0.1) is 18.3 Å². The molecule has 0 heterocycles. The number of carbonyl (C=O) groups is 1. The van der Waals surface area contributed by atoms with Crippen molar-refractivity contribution in [1.82, 2.24) is 4.90 Å². The van der Waals surface area contributed by atoms with Crippen LogP contribution in [0.1, 0.15) is 99.3 Å². The zero-order valence-corrected chi connectivity index (χ0v) is 25.6. The van der Waals surface area contributed by atoms with Gasteiger partial charge >= 0.3 is 6.18 Å². The van der Waals surface area contributed by atoms with E-state index in [2.05, 4.69) is 34.6 Å². The average Bonchev–Trinajstić information content (AvgIpc) is 3.47. The Balaban J connectivity index is 1.36. The van der Waals surface area contributed by atoms with Gasteiger partial charge in [0.25, 0.3) is 0 Å². The Labute approximate surface area is 238 Å². The Morgan fingerprint density at radius 1 is 1.00 bits per heavy atom. The second kappa shape index (κ2) is 9.57. The van der Waals surface area contributed by atoms with Crippen molar-refractivity contribution in [2.24, 2.45) is 50.7 Å². The van der Waals surface area contributed by atoms with Crippen LogP contribution >= 0.6 is 0 Å². The summed E-state index contributed by atoms with van der Waals surface area (Å²) in [5.41, 5.74) is 0.183. The molecule has 5 saturated carbocycles. The molecular weight excluding hydrogens is 519 g/mol. The lowest BCUT2D eigenvalue weighted by atomic mass is 9.41. The number of ether oxygens (including phenoxy) is 1. The summed E-state index contributed by atoms with van der Waals surface area (Å²) in [6, 6.07) is 0. The Hall–Kier alpha value is -0.860. The van der Waals surface area contributed by atoms with Crippen LogP contribution in [0.4, 0.5) is 13.2 Å². The van der Waals surface area contributed by atoms with E-state index in [1.165, 1.54) is 26.9 Å². The van der Waals surface area contributed by atoms with Crippen LogP contribution in [-0.4, -0.2) is 65.7 Å². The quantitative estimate of drug-likeness (QED) is 0.381.